The van der Waals surface area contributed by atoms with Crippen molar-refractivity contribution < 1.29 is 5.11 Å². The monoisotopic (exact) mass is 212 g/mol. The molecule has 0 bridgehead atoms. The number of hydrogen-bond acceptors (Lipinski definition) is 3. The van der Waals surface area contributed by atoms with Crippen LogP contribution in [0.25, 0.3) is 0 Å². The third-order valence-corrected chi connectivity index (χ3v) is 4.35. The minimum atomic E-state index is -0.298. The Morgan fingerprint density at radius 3 is 2.67 bits per heavy atom. The molecule has 2 rings (SSSR count). The summed E-state index contributed by atoms with van der Waals surface area (Å²) in [5, 5.41) is 9.22. The average Bonchev–Trinajstić information content (AvgIpc) is 2.75. The van der Waals surface area contributed by atoms with E-state index in [1.807, 2.05) is 0 Å². The van der Waals surface area contributed by atoms with Crippen LogP contribution >= 0.6 is 0 Å². The Balaban J connectivity index is 1.79. The number of rotatable bonds is 4. The highest BCUT2D eigenvalue weighted by atomic mass is 16.3. The van der Waals surface area contributed by atoms with Crippen LogP contribution in [-0.4, -0.2) is 41.8 Å². The zero-order valence-corrected chi connectivity index (χ0v) is 9.95. The van der Waals surface area contributed by atoms with E-state index in [4.69, 9.17) is 5.73 Å². The molecule has 2 aliphatic rings. The number of nitrogens with two attached hydrogens (primary N) is 1. The molecular weight excluding hydrogens is 188 g/mol. The molecule has 0 aromatic carbocycles. The first kappa shape index (κ1) is 11.4. The fourth-order valence-corrected chi connectivity index (χ4v) is 2.82. The highest BCUT2D eigenvalue weighted by Crippen LogP contribution is 2.39. The molecule has 2 saturated carbocycles. The van der Waals surface area contributed by atoms with Gasteiger partial charge in [-0.05, 0) is 44.6 Å². The van der Waals surface area contributed by atoms with Crippen LogP contribution < -0.4 is 5.73 Å². The van der Waals surface area contributed by atoms with E-state index in [0.29, 0.717) is 6.04 Å². The first-order chi connectivity index (χ1) is 7.04. The van der Waals surface area contributed by atoms with Gasteiger partial charge in [-0.15, -0.1) is 0 Å². The van der Waals surface area contributed by atoms with Crippen LogP contribution in [-0.2, 0) is 0 Å². The van der Waals surface area contributed by atoms with E-state index in [0.717, 1.165) is 31.1 Å². The van der Waals surface area contributed by atoms with Crippen molar-refractivity contribution in [3.63, 3.8) is 0 Å². The number of aliphatic hydroxyl groups excluding tert-OH is 1. The van der Waals surface area contributed by atoms with Crippen LogP contribution in [0, 0.1) is 11.8 Å². The van der Waals surface area contributed by atoms with Crippen molar-refractivity contribution in [2.45, 2.75) is 44.2 Å². The van der Waals surface area contributed by atoms with Crippen molar-refractivity contribution in [2.75, 3.05) is 20.2 Å². The Morgan fingerprint density at radius 1 is 1.53 bits per heavy atom. The van der Waals surface area contributed by atoms with E-state index >= 15 is 0 Å². The summed E-state index contributed by atoms with van der Waals surface area (Å²) in [5.74, 6) is 1.84. The maximum Gasteiger partial charge on any atom is 0.0611 e. The Kier molecular flexibility index (Phi) is 3.06. The normalized spacial score (nSPS) is 45.0. The lowest BCUT2D eigenvalue weighted by atomic mass is 10.0. The van der Waals surface area contributed by atoms with Gasteiger partial charge in [0.05, 0.1) is 6.61 Å². The summed E-state index contributed by atoms with van der Waals surface area (Å²) < 4.78 is 0. The molecule has 88 valence electrons. The summed E-state index contributed by atoms with van der Waals surface area (Å²) in [6, 6.07) is 0.593. The van der Waals surface area contributed by atoms with E-state index in [1.165, 1.54) is 13.0 Å². The second kappa shape index (κ2) is 4.04. The second-order valence-corrected chi connectivity index (χ2v) is 5.83. The molecule has 15 heavy (non-hydrogen) atoms. The van der Waals surface area contributed by atoms with Crippen LogP contribution in [0.15, 0.2) is 0 Å². The van der Waals surface area contributed by atoms with Crippen molar-refractivity contribution in [1.29, 1.82) is 0 Å². The zero-order valence-electron chi connectivity index (χ0n) is 9.95. The summed E-state index contributed by atoms with van der Waals surface area (Å²) in [6.07, 6.45) is 4.47. The van der Waals surface area contributed by atoms with Crippen LogP contribution in [0.4, 0.5) is 0 Å². The standard InChI is InChI=1S/C12H24N2O/c1-9-5-10(9)7-14(2)11-3-4-12(13,6-11)8-15/h9-11,15H,3-8,13H2,1-2H3. The molecule has 0 spiro atoms. The summed E-state index contributed by atoms with van der Waals surface area (Å²) in [7, 11) is 2.21. The van der Waals surface area contributed by atoms with Gasteiger partial charge in [-0.1, -0.05) is 6.92 Å². The molecule has 0 heterocycles. The molecule has 2 fully saturated rings. The van der Waals surface area contributed by atoms with Crippen LogP contribution in [0.1, 0.15) is 32.6 Å². The topological polar surface area (TPSA) is 49.5 Å². The second-order valence-electron chi connectivity index (χ2n) is 5.83. The molecule has 3 N–H and O–H groups in total. The zero-order chi connectivity index (χ0) is 11.1. The molecule has 2 aliphatic carbocycles. The molecule has 0 saturated heterocycles. The highest BCUT2D eigenvalue weighted by Gasteiger charge is 2.39. The van der Waals surface area contributed by atoms with E-state index in [-0.39, 0.29) is 12.1 Å². The van der Waals surface area contributed by atoms with Gasteiger partial charge in [0.1, 0.15) is 0 Å². The molecule has 4 atom stereocenters. The van der Waals surface area contributed by atoms with Gasteiger partial charge in [-0.2, -0.15) is 0 Å². The smallest absolute Gasteiger partial charge is 0.0611 e. The molecule has 3 nitrogen and oxygen atoms in total. The van der Waals surface area contributed by atoms with Gasteiger partial charge < -0.3 is 15.7 Å². The minimum Gasteiger partial charge on any atom is -0.394 e. The SMILES string of the molecule is CC1CC1CN(C)C1CCC(N)(CO)C1. The fraction of sp³-hybridized carbons (Fsp3) is 1.00. The van der Waals surface area contributed by atoms with Crippen LogP contribution in [0.2, 0.25) is 0 Å². The first-order valence-corrected chi connectivity index (χ1v) is 6.14. The third kappa shape index (κ3) is 2.52. The Labute approximate surface area is 92.6 Å². The van der Waals surface area contributed by atoms with E-state index in [2.05, 4.69) is 18.9 Å². The Morgan fingerprint density at radius 2 is 2.20 bits per heavy atom. The minimum absolute atomic E-state index is 0.136. The van der Waals surface area contributed by atoms with Gasteiger partial charge in [0, 0.05) is 18.1 Å². The van der Waals surface area contributed by atoms with Crippen molar-refractivity contribution >= 4 is 0 Å². The fourth-order valence-electron chi connectivity index (χ4n) is 2.82. The molecular formula is C12H24N2O. The lowest BCUT2D eigenvalue weighted by Gasteiger charge is -2.26. The lowest BCUT2D eigenvalue weighted by molar-refractivity contribution is 0.178. The van der Waals surface area contributed by atoms with Gasteiger partial charge in [0.2, 0.25) is 0 Å². The molecule has 0 aliphatic heterocycles. The van der Waals surface area contributed by atoms with Crippen LogP contribution in [0.3, 0.4) is 0 Å². The van der Waals surface area contributed by atoms with E-state index < -0.39 is 0 Å². The number of aliphatic hydroxyl groups is 1. The van der Waals surface area contributed by atoms with Crippen LogP contribution in [0.5, 0.6) is 0 Å². The maximum atomic E-state index is 9.22. The molecule has 0 amide bonds. The maximum absolute atomic E-state index is 9.22. The van der Waals surface area contributed by atoms with Gasteiger partial charge >= 0.3 is 0 Å². The van der Waals surface area contributed by atoms with E-state index in [9.17, 15) is 5.11 Å². The van der Waals surface area contributed by atoms with Crippen molar-refractivity contribution in [2.24, 2.45) is 17.6 Å². The largest absolute Gasteiger partial charge is 0.394 e. The predicted octanol–water partition coefficient (Wildman–Crippen LogP) is 0.817. The predicted molar refractivity (Wildman–Crippen MR) is 61.5 cm³/mol. The van der Waals surface area contributed by atoms with Crippen molar-refractivity contribution in [3.05, 3.63) is 0 Å². The molecule has 0 radical (unpaired) electrons. The van der Waals surface area contributed by atoms with Gasteiger partial charge in [0.25, 0.3) is 0 Å². The third-order valence-electron chi connectivity index (χ3n) is 4.35. The molecule has 0 aromatic heterocycles. The lowest BCUT2D eigenvalue weighted by Crippen LogP contribution is -2.43. The highest BCUT2D eigenvalue weighted by molar-refractivity contribution is 4.97. The summed E-state index contributed by atoms with van der Waals surface area (Å²) in [6.45, 7) is 3.68. The molecule has 3 heteroatoms. The average molecular weight is 212 g/mol. The Bertz CT molecular complexity index is 234. The summed E-state index contributed by atoms with van der Waals surface area (Å²) in [5.41, 5.74) is 5.79. The summed E-state index contributed by atoms with van der Waals surface area (Å²) >= 11 is 0. The summed E-state index contributed by atoms with van der Waals surface area (Å²) in [4.78, 5) is 2.46. The van der Waals surface area contributed by atoms with Crippen molar-refractivity contribution in [3.8, 4) is 0 Å². The molecule has 0 aromatic rings. The molecule has 4 unspecified atom stereocenters. The van der Waals surface area contributed by atoms with Gasteiger partial charge in [-0.3, -0.25) is 0 Å². The quantitative estimate of drug-likeness (QED) is 0.725. The van der Waals surface area contributed by atoms with Crippen molar-refractivity contribution in [1.82, 2.24) is 4.90 Å². The van der Waals surface area contributed by atoms with Gasteiger partial charge in [-0.25, -0.2) is 0 Å². The first-order valence-electron chi connectivity index (χ1n) is 6.14. The van der Waals surface area contributed by atoms with Gasteiger partial charge in [0.15, 0.2) is 0 Å². The van der Waals surface area contributed by atoms with E-state index in [1.54, 1.807) is 0 Å². The Hall–Kier alpha value is -0.120. The number of nitrogens with zero attached hydrogens (tertiary/aromatic N) is 1. The number of hydrogen-bond donors (Lipinski definition) is 2.